The summed E-state index contributed by atoms with van der Waals surface area (Å²) in [6, 6.07) is 17.7. The summed E-state index contributed by atoms with van der Waals surface area (Å²) in [7, 11) is 0. The Bertz CT molecular complexity index is 753. The van der Waals surface area contributed by atoms with Crippen LogP contribution in [0, 0.1) is 0 Å². The molecule has 0 radical (unpaired) electrons. The van der Waals surface area contributed by atoms with E-state index in [1.165, 1.54) is 0 Å². The van der Waals surface area contributed by atoms with Gasteiger partial charge in [0.15, 0.2) is 0 Å². The average molecular weight is 415 g/mol. The zero-order valence-electron chi connectivity index (χ0n) is 14.6. The molecule has 136 valence electrons. The summed E-state index contributed by atoms with van der Waals surface area (Å²) in [4.78, 5) is 25.0. The molecule has 1 saturated carbocycles. The van der Waals surface area contributed by atoms with Gasteiger partial charge in [-0.1, -0.05) is 71.2 Å². The summed E-state index contributed by atoms with van der Waals surface area (Å²) in [6.45, 7) is 0.470. The van der Waals surface area contributed by atoms with Gasteiger partial charge in [-0.15, -0.1) is 0 Å². The fraction of sp³-hybridized carbons (Fsp3) is 0.333. The lowest BCUT2D eigenvalue weighted by Gasteiger charge is -2.28. The largest absolute Gasteiger partial charge is 0.350 e. The Hall–Kier alpha value is -2.14. The fourth-order valence-electron chi connectivity index (χ4n) is 3.58. The van der Waals surface area contributed by atoms with Gasteiger partial charge >= 0.3 is 0 Å². The second-order valence-corrected chi connectivity index (χ2v) is 7.66. The highest BCUT2D eigenvalue weighted by Crippen LogP contribution is 2.41. The topological polar surface area (TPSA) is 58.2 Å². The maximum Gasteiger partial charge on any atom is 0.239 e. The molecule has 0 saturated heterocycles. The van der Waals surface area contributed by atoms with E-state index in [4.69, 9.17) is 0 Å². The highest BCUT2D eigenvalue weighted by molar-refractivity contribution is 9.10. The van der Waals surface area contributed by atoms with Crippen LogP contribution in [0.15, 0.2) is 59.1 Å². The third-order valence-corrected chi connectivity index (χ3v) is 5.56. The number of hydrogen-bond acceptors (Lipinski definition) is 2. The van der Waals surface area contributed by atoms with E-state index in [1.54, 1.807) is 0 Å². The molecule has 3 rings (SSSR count). The number of halogens is 1. The minimum atomic E-state index is -0.513. The fourth-order valence-corrected chi connectivity index (χ4v) is 3.85. The molecule has 1 aliphatic carbocycles. The van der Waals surface area contributed by atoms with Gasteiger partial charge in [-0.2, -0.15) is 0 Å². The monoisotopic (exact) mass is 414 g/mol. The molecule has 0 aliphatic heterocycles. The van der Waals surface area contributed by atoms with Crippen molar-refractivity contribution in [3.63, 3.8) is 0 Å². The van der Waals surface area contributed by atoms with E-state index in [9.17, 15) is 9.59 Å². The van der Waals surface area contributed by atoms with E-state index in [1.807, 2.05) is 54.6 Å². The molecule has 0 bridgehead atoms. The van der Waals surface area contributed by atoms with Crippen molar-refractivity contribution in [1.82, 2.24) is 10.6 Å². The minimum absolute atomic E-state index is 0.00391. The van der Waals surface area contributed by atoms with Gasteiger partial charge in [-0.05, 0) is 36.1 Å². The SMILES string of the molecule is O=C(CNC(=O)C1(c2ccc(Br)cc2)CCCC1)NCc1ccccc1. The number of carbonyl (C=O) groups excluding carboxylic acids is 2. The van der Waals surface area contributed by atoms with Gasteiger partial charge in [-0.25, -0.2) is 0 Å². The smallest absolute Gasteiger partial charge is 0.239 e. The summed E-state index contributed by atoms with van der Waals surface area (Å²) in [5.74, 6) is -0.224. The average Bonchev–Trinajstić information content (AvgIpc) is 3.17. The van der Waals surface area contributed by atoms with Crippen LogP contribution >= 0.6 is 15.9 Å². The van der Waals surface area contributed by atoms with Crippen molar-refractivity contribution < 1.29 is 9.59 Å². The molecule has 0 spiro atoms. The molecule has 0 heterocycles. The highest BCUT2D eigenvalue weighted by atomic mass is 79.9. The summed E-state index contributed by atoms with van der Waals surface area (Å²) in [6.07, 6.45) is 3.71. The first-order valence-electron chi connectivity index (χ1n) is 8.95. The predicted molar refractivity (Wildman–Crippen MR) is 106 cm³/mol. The van der Waals surface area contributed by atoms with Crippen LogP contribution in [0.3, 0.4) is 0 Å². The van der Waals surface area contributed by atoms with E-state index in [-0.39, 0.29) is 18.4 Å². The molecule has 26 heavy (non-hydrogen) atoms. The first-order valence-corrected chi connectivity index (χ1v) is 9.74. The van der Waals surface area contributed by atoms with Crippen molar-refractivity contribution in [3.05, 3.63) is 70.2 Å². The number of rotatable bonds is 6. The quantitative estimate of drug-likeness (QED) is 0.756. The molecule has 1 aliphatic rings. The van der Waals surface area contributed by atoms with E-state index in [0.29, 0.717) is 6.54 Å². The highest BCUT2D eigenvalue weighted by Gasteiger charge is 2.42. The van der Waals surface area contributed by atoms with Crippen molar-refractivity contribution in [2.24, 2.45) is 0 Å². The van der Waals surface area contributed by atoms with Gasteiger partial charge in [0.05, 0.1) is 12.0 Å². The first-order chi connectivity index (χ1) is 12.6. The lowest BCUT2D eigenvalue weighted by Crippen LogP contribution is -2.46. The van der Waals surface area contributed by atoms with Crippen molar-refractivity contribution in [2.75, 3.05) is 6.54 Å². The molecule has 0 unspecified atom stereocenters. The lowest BCUT2D eigenvalue weighted by atomic mass is 9.78. The minimum Gasteiger partial charge on any atom is -0.350 e. The second kappa shape index (κ2) is 8.49. The molecule has 0 atom stereocenters. The Balaban J connectivity index is 1.58. The normalized spacial score (nSPS) is 15.4. The van der Waals surface area contributed by atoms with Gasteiger partial charge in [0, 0.05) is 11.0 Å². The molecular weight excluding hydrogens is 392 g/mol. The number of hydrogen-bond donors (Lipinski definition) is 2. The Morgan fingerprint density at radius 3 is 2.23 bits per heavy atom. The van der Waals surface area contributed by atoms with Crippen molar-refractivity contribution >= 4 is 27.7 Å². The molecule has 5 heteroatoms. The van der Waals surface area contributed by atoms with Gasteiger partial charge in [0.25, 0.3) is 0 Å². The van der Waals surface area contributed by atoms with Gasteiger partial charge < -0.3 is 10.6 Å². The van der Waals surface area contributed by atoms with Crippen molar-refractivity contribution in [2.45, 2.75) is 37.6 Å². The van der Waals surface area contributed by atoms with Crippen LogP contribution in [0.2, 0.25) is 0 Å². The van der Waals surface area contributed by atoms with Crippen LogP contribution in [0.5, 0.6) is 0 Å². The molecule has 2 amide bonds. The number of amides is 2. The van der Waals surface area contributed by atoms with E-state index >= 15 is 0 Å². The molecule has 2 N–H and O–H groups in total. The van der Waals surface area contributed by atoms with Crippen LogP contribution in [-0.2, 0) is 21.5 Å². The Morgan fingerprint density at radius 2 is 1.58 bits per heavy atom. The lowest BCUT2D eigenvalue weighted by molar-refractivity contribution is -0.129. The van der Waals surface area contributed by atoms with Crippen LogP contribution in [-0.4, -0.2) is 18.4 Å². The Kier molecular flexibility index (Phi) is 6.09. The molecule has 2 aromatic rings. The maximum absolute atomic E-state index is 12.9. The summed E-state index contributed by atoms with van der Waals surface area (Å²) >= 11 is 3.44. The van der Waals surface area contributed by atoms with Crippen molar-refractivity contribution in [3.8, 4) is 0 Å². The maximum atomic E-state index is 12.9. The summed E-state index contributed by atoms with van der Waals surface area (Å²) in [5.41, 5.74) is 1.55. The molecule has 1 fully saturated rings. The predicted octanol–water partition coefficient (Wildman–Crippen LogP) is 3.69. The van der Waals surface area contributed by atoms with Gasteiger partial charge in [0.1, 0.15) is 0 Å². The summed E-state index contributed by atoms with van der Waals surface area (Å²) in [5, 5.41) is 5.70. The van der Waals surface area contributed by atoms with Crippen molar-refractivity contribution in [1.29, 1.82) is 0 Å². The first kappa shape index (κ1) is 18.6. The van der Waals surface area contributed by atoms with Crippen LogP contribution in [0.4, 0.5) is 0 Å². The van der Waals surface area contributed by atoms with E-state index in [0.717, 1.165) is 41.3 Å². The standard InChI is InChI=1S/C21H23BrN2O2/c22-18-10-8-17(9-11-18)21(12-4-5-13-21)20(26)24-15-19(25)23-14-16-6-2-1-3-7-16/h1-3,6-11H,4-5,12-15H2,(H,23,25)(H,24,26). The Labute approximate surface area is 162 Å². The van der Waals surface area contributed by atoms with E-state index < -0.39 is 5.41 Å². The van der Waals surface area contributed by atoms with E-state index in [2.05, 4.69) is 26.6 Å². The Morgan fingerprint density at radius 1 is 0.923 bits per heavy atom. The van der Waals surface area contributed by atoms with Gasteiger partial charge in [0.2, 0.25) is 11.8 Å². The molecular formula is C21H23BrN2O2. The molecule has 4 nitrogen and oxygen atoms in total. The number of benzene rings is 2. The third kappa shape index (κ3) is 4.33. The number of carbonyl (C=O) groups is 2. The molecule has 0 aromatic heterocycles. The third-order valence-electron chi connectivity index (χ3n) is 5.03. The van der Waals surface area contributed by atoms with Crippen LogP contribution in [0.1, 0.15) is 36.8 Å². The number of nitrogens with one attached hydrogen (secondary N) is 2. The van der Waals surface area contributed by atoms with Gasteiger partial charge in [-0.3, -0.25) is 9.59 Å². The van der Waals surface area contributed by atoms with Crippen LogP contribution in [0.25, 0.3) is 0 Å². The molecule has 2 aromatic carbocycles. The second-order valence-electron chi connectivity index (χ2n) is 6.74. The zero-order valence-corrected chi connectivity index (χ0v) is 16.2. The summed E-state index contributed by atoms with van der Waals surface area (Å²) < 4.78 is 0.995. The zero-order chi connectivity index (χ0) is 18.4. The van der Waals surface area contributed by atoms with Crippen LogP contribution < -0.4 is 10.6 Å².